The number of carboxylic acid groups (broad SMARTS) is 1. The minimum atomic E-state index is -0.931. The normalized spacial score (nSPS) is 11.0. The average Bonchev–Trinajstić information content (AvgIpc) is 3.21. The fraction of sp³-hybridized carbons (Fsp3) is 0.0526. The highest BCUT2D eigenvalue weighted by Gasteiger charge is 2.13. The van der Waals surface area contributed by atoms with E-state index in [0.29, 0.717) is 11.5 Å². The van der Waals surface area contributed by atoms with Gasteiger partial charge in [-0.1, -0.05) is 18.2 Å². The number of nitrogens with zero attached hydrogens (tertiary/aromatic N) is 1. The summed E-state index contributed by atoms with van der Waals surface area (Å²) in [6.07, 6.45) is 0. The monoisotopic (exact) mass is 335 g/mol. The molecule has 0 saturated heterocycles. The largest absolute Gasteiger partial charge is 0.478 e. The van der Waals surface area contributed by atoms with Gasteiger partial charge in [0.15, 0.2) is 10.8 Å². The maximum absolute atomic E-state index is 11.0. The lowest BCUT2D eigenvalue weighted by molar-refractivity contribution is 0.0697. The van der Waals surface area contributed by atoms with E-state index in [1.165, 1.54) is 0 Å². The number of fused-ring (bicyclic) bond motifs is 1. The molecule has 0 bridgehead atoms. The molecular weight excluding hydrogens is 322 g/mol. The molecule has 4 nitrogen and oxygen atoms in total. The van der Waals surface area contributed by atoms with Gasteiger partial charge in [-0.25, -0.2) is 9.78 Å². The smallest absolute Gasteiger partial charge is 0.335 e. The third-order valence-electron chi connectivity index (χ3n) is 3.85. The van der Waals surface area contributed by atoms with Crippen molar-refractivity contribution in [2.24, 2.45) is 0 Å². The lowest BCUT2D eigenvalue weighted by Gasteiger charge is -2.04. The molecule has 0 aliphatic rings. The molecule has 1 N–H and O–H groups in total. The molecule has 5 heteroatoms. The zero-order chi connectivity index (χ0) is 16.7. The molecule has 2 heterocycles. The van der Waals surface area contributed by atoms with E-state index in [-0.39, 0.29) is 5.56 Å². The molecule has 0 radical (unpaired) electrons. The second-order valence-corrected chi connectivity index (χ2v) is 6.52. The van der Waals surface area contributed by atoms with Gasteiger partial charge < -0.3 is 9.52 Å². The lowest BCUT2D eigenvalue weighted by atomic mass is 10.0. The standard InChI is InChI=1S/C19H13NO3S/c1-11-10-12(19(21)22)6-7-13(11)15-8-9-16(23-15)18-20-14-4-2-3-5-17(14)24-18/h2-10H,1H3,(H,21,22). The van der Waals surface area contributed by atoms with Crippen LogP contribution in [0.1, 0.15) is 15.9 Å². The Hall–Kier alpha value is -2.92. The van der Waals surface area contributed by atoms with Gasteiger partial charge in [0.1, 0.15) is 5.76 Å². The topological polar surface area (TPSA) is 63.3 Å². The van der Waals surface area contributed by atoms with Gasteiger partial charge in [0.25, 0.3) is 0 Å². The number of para-hydroxylation sites is 1. The number of carbonyl (C=O) groups is 1. The van der Waals surface area contributed by atoms with E-state index in [1.807, 2.05) is 43.3 Å². The zero-order valence-electron chi connectivity index (χ0n) is 12.8. The molecule has 0 spiro atoms. The van der Waals surface area contributed by atoms with E-state index >= 15 is 0 Å². The lowest BCUT2D eigenvalue weighted by Crippen LogP contribution is -1.96. The first kappa shape index (κ1) is 14.7. The van der Waals surface area contributed by atoms with Gasteiger partial charge in [-0.3, -0.25) is 0 Å². The van der Waals surface area contributed by atoms with Gasteiger partial charge in [-0.15, -0.1) is 11.3 Å². The Kier molecular flexibility index (Phi) is 3.43. The molecule has 0 aliphatic carbocycles. The summed E-state index contributed by atoms with van der Waals surface area (Å²) in [7, 11) is 0. The molecule has 0 aliphatic heterocycles. The fourth-order valence-electron chi connectivity index (χ4n) is 2.65. The van der Waals surface area contributed by atoms with E-state index in [0.717, 1.165) is 26.4 Å². The predicted molar refractivity (Wildman–Crippen MR) is 94.5 cm³/mol. The first-order valence-electron chi connectivity index (χ1n) is 7.42. The Bertz CT molecular complexity index is 1030. The summed E-state index contributed by atoms with van der Waals surface area (Å²) in [5.41, 5.74) is 2.97. The van der Waals surface area contributed by atoms with Gasteiger partial charge in [0.05, 0.1) is 15.8 Å². The summed E-state index contributed by atoms with van der Waals surface area (Å²) in [4.78, 5) is 15.6. The Morgan fingerprint density at radius 2 is 1.88 bits per heavy atom. The zero-order valence-corrected chi connectivity index (χ0v) is 13.6. The van der Waals surface area contributed by atoms with Crippen molar-refractivity contribution in [2.45, 2.75) is 6.92 Å². The number of aromatic carboxylic acids is 1. The molecule has 4 rings (SSSR count). The molecule has 2 aromatic heterocycles. The van der Waals surface area contributed by atoms with Crippen molar-refractivity contribution in [3.8, 4) is 22.1 Å². The highest BCUT2D eigenvalue weighted by atomic mass is 32.1. The van der Waals surface area contributed by atoms with Crippen molar-refractivity contribution in [1.29, 1.82) is 0 Å². The second kappa shape index (κ2) is 5.62. The Labute approximate surface area is 142 Å². The molecule has 24 heavy (non-hydrogen) atoms. The van der Waals surface area contributed by atoms with Crippen LogP contribution in [0.15, 0.2) is 59.0 Å². The SMILES string of the molecule is Cc1cc(C(=O)O)ccc1-c1ccc(-c2nc3ccccc3s2)o1. The van der Waals surface area contributed by atoms with E-state index in [4.69, 9.17) is 9.52 Å². The van der Waals surface area contributed by atoms with Gasteiger partial charge in [-0.2, -0.15) is 0 Å². The predicted octanol–water partition coefficient (Wildman–Crippen LogP) is 5.23. The van der Waals surface area contributed by atoms with Crippen LogP contribution < -0.4 is 0 Å². The summed E-state index contributed by atoms with van der Waals surface area (Å²) in [5, 5.41) is 9.90. The summed E-state index contributed by atoms with van der Waals surface area (Å²) in [6.45, 7) is 1.88. The van der Waals surface area contributed by atoms with Crippen LogP contribution in [-0.4, -0.2) is 16.1 Å². The maximum atomic E-state index is 11.0. The van der Waals surface area contributed by atoms with Crippen LogP contribution in [0, 0.1) is 6.92 Å². The van der Waals surface area contributed by atoms with Gasteiger partial charge in [-0.05, 0) is 48.9 Å². The molecule has 0 atom stereocenters. The van der Waals surface area contributed by atoms with Crippen molar-refractivity contribution < 1.29 is 14.3 Å². The van der Waals surface area contributed by atoms with E-state index in [1.54, 1.807) is 29.5 Å². The van der Waals surface area contributed by atoms with Crippen LogP contribution in [0.4, 0.5) is 0 Å². The first-order chi connectivity index (χ1) is 11.6. The van der Waals surface area contributed by atoms with Crippen LogP contribution >= 0.6 is 11.3 Å². The van der Waals surface area contributed by atoms with Gasteiger partial charge >= 0.3 is 5.97 Å². The van der Waals surface area contributed by atoms with Crippen LogP contribution in [0.3, 0.4) is 0 Å². The number of hydrogen-bond donors (Lipinski definition) is 1. The Morgan fingerprint density at radius 1 is 1.08 bits per heavy atom. The number of thiazole rings is 1. The number of aryl methyl sites for hydroxylation is 1. The van der Waals surface area contributed by atoms with Crippen LogP contribution in [0.2, 0.25) is 0 Å². The van der Waals surface area contributed by atoms with Gasteiger partial charge in [0, 0.05) is 5.56 Å². The molecule has 2 aromatic carbocycles. The molecule has 0 fully saturated rings. The summed E-state index contributed by atoms with van der Waals surface area (Å²) >= 11 is 1.59. The third-order valence-corrected chi connectivity index (χ3v) is 4.90. The average molecular weight is 335 g/mol. The minimum Gasteiger partial charge on any atom is -0.478 e. The minimum absolute atomic E-state index is 0.272. The van der Waals surface area contributed by atoms with Crippen LogP contribution in [0.5, 0.6) is 0 Å². The number of benzene rings is 2. The van der Waals surface area contributed by atoms with Crippen molar-refractivity contribution in [1.82, 2.24) is 4.98 Å². The maximum Gasteiger partial charge on any atom is 0.335 e. The summed E-state index contributed by atoms with van der Waals surface area (Å²) < 4.78 is 7.08. The summed E-state index contributed by atoms with van der Waals surface area (Å²) in [5.74, 6) is 0.492. The van der Waals surface area contributed by atoms with E-state index in [2.05, 4.69) is 4.98 Å². The number of furan rings is 1. The Morgan fingerprint density at radius 3 is 2.62 bits per heavy atom. The molecular formula is C19H13NO3S. The molecule has 0 amide bonds. The Balaban J connectivity index is 1.73. The number of hydrogen-bond acceptors (Lipinski definition) is 4. The van der Waals surface area contributed by atoms with E-state index < -0.39 is 5.97 Å². The van der Waals surface area contributed by atoms with Crippen molar-refractivity contribution >= 4 is 27.5 Å². The van der Waals surface area contributed by atoms with Crippen molar-refractivity contribution in [3.63, 3.8) is 0 Å². The molecule has 0 saturated carbocycles. The highest BCUT2D eigenvalue weighted by molar-refractivity contribution is 7.21. The number of rotatable bonds is 3. The molecule has 118 valence electrons. The van der Waals surface area contributed by atoms with Crippen LogP contribution in [0.25, 0.3) is 32.3 Å². The number of aromatic nitrogens is 1. The molecule has 0 unspecified atom stereocenters. The third kappa shape index (κ3) is 2.49. The highest BCUT2D eigenvalue weighted by Crippen LogP contribution is 2.34. The number of carboxylic acids is 1. The van der Waals surface area contributed by atoms with E-state index in [9.17, 15) is 4.79 Å². The molecule has 4 aromatic rings. The van der Waals surface area contributed by atoms with Gasteiger partial charge in [0.2, 0.25) is 0 Å². The van der Waals surface area contributed by atoms with Crippen LogP contribution in [-0.2, 0) is 0 Å². The first-order valence-corrected chi connectivity index (χ1v) is 8.23. The fourth-order valence-corrected chi connectivity index (χ4v) is 3.58. The van der Waals surface area contributed by atoms with Crippen molar-refractivity contribution in [3.05, 3.63) is 65.7 Å². The second-order valence-electron chi connectivity index (χ2n) is 5.49. The summed E-state index contributed by atoms with van der Waals surface area (Å²) in [6, 6.07) is 16.8. The van der Waals surface area contributed by atoms with Crippen molar-refractivity contribution in [2.75, 3.05) is 0 Å². The quantitative estimate of drug-likeness (QED) is 0.557.